The van der Waals surface area contributed by atoms with Crippen molar-refractivity contribution < 1.29 is 13.2 Å². The number of rotatable bonds is 3. The average molecular weight is 236 g/mol. The summed E-state index contributed by atoms with van der Waals surface area (Å²) in [6, 6.07) is 0.318. The zero-order valence-electron chi connectivity index (χ0n) is 9.56. The third-order valence-corrected chi connectivity index (χ3v) is 3.80. The van der Waals surface area contributed by atoms with Gasteiger partial charge in [0, 0.05) is 25.7 Å². The van der Waals surface area contributed by atoms with E-state index < -0.39 is 12.6 Å². The minimum Gasteiger partial charge on any atom is -0.313 e. The van der Waals surface area contributed by atoms with Crippen LogP contribution in [0.4, 0.5) is 13.2 Å². The summed E-state index contributed by atoms with van der Waals surface area (Å²) in [6.07, 6.45) is -2.41. The highest BCUT2D eigenvalue weighted by Gasteiger charge is 2.40. The fourth-order valence-electron chi connectivity index (χ4n) is 3.17. The maximum Gasteiger partial charge on any atom is 0.390 e. The van der Waals surface area contributed by atoms with E-state index >= 15 is 0 Å². The van der Waals surface area contributed by atoms with Crippen molar-refractivity contribution >= 4 is 0 Å². The first-order valence-corrected chi connectivity index (χ1v) is 5.94. The van der Waals surface area contributed by atoms with Gasteiger partial charge in [-0.15, -0.1) is 0 Å². The van der Waals surface area contributed by atoms with Crippen molar-refractivity contribution in [1.82, 2.24) is 10.2 Å². The lowest BCUT2D eigenvalue weighted by Crippen LogP contribution is -2.50. The molecule has 2 fully saturated rings. The van der Waals surface area contributed by atoms with E-state index in [0.717, 1.165) is 13.1 Å². The molecule has 5 heteroatoms. The first-order chi connectivity index (χ1) is 7.46. The number of likely N-dealkylation sites (tertiary alicyclic amines) is 1. The molecule has 1 N–H and O–H groups in total. The molecule has 0 amide bonds. The molecule has 2 aliphatic rings. The molecule has 1 saturated heterocycles. The number of fused-ring (bicyclic) bond motifs is 2. The van der Waals surface area contributed by atoms with Gasteiger partial charge >= 0.3 is 6.18 Å². The van der Waals surface area contributed by atoms with Gasteiger partial charge in [0.15, 0.2) is 0 Å². The maximum absolute atomic E-state index is 12.0. The SMILES string of the molecule is CN1C[C@H]2CC[C@@H](C1)C2NCCC(F)(F)F. The van der Waals surface area contributed by atoms with Crippen molar-refractivity contribution in [1.29, 1.82) is 0 Å². The van der Waals surface area contributed by atoms with Crippen molar-refractivity contribution in [3.63, 3.8) is 0 Å². The van der Waals surface area contributed by atoms with Gasteiger partial charge in [0.05, 0.1) is 6.42 Å². The minimum atomic E-state index is -4.03. The second-order valence-corrected chi connectivity index (χ2v) is 5.16. The summed E-state index contributed by atoms with van der Waals surface area (Å²) in [4.78, 5) is 2.30. The molecule has 2 bridgehead atoms. The Balaban J connectivity index is 1.79. The van der Waals surface area contributed by atoms with Crippen molar-refractivity contribution in [2.45, 2.75) is 31.5 Å². The van der Waals surface area contributed by atoms with Gasteiger partial charge in [0.25, 0.3) is 0 Å². The van der Waals surface area contributed by atoms with Crippen LogP contribution < -0.4 is 5.32 Å². The van der Waals surface area contributed by atoms with Crippen LogP contribution in [0, 0.1) is 11.8 Å². The molecule has 1 unspecified atom stereocenters. The highest BCUT2D eigenvalue weighted by atomic mass is 19.4. The van der Waals surface area contributed by atoms with Crippen LogP contribution in [-0.2, 0) is 0 Å². The van der Waals surface area contributed by atoms with Gasteiger partial charge in [-0.2, -0.15) is 13.2 Å². The van der Waals surface area contributed by atoms with E-state index in [9.17, 15) is 13.2 Å². The molecule has 0 radical (unpaired) electrons. The molecule has 0 aromatic carbocycles. The molecule has 1 saturated carbocycles. The number of nitrogens with zero attached hydrogens (tertiary/aromatic N) is 1. The summed E-state index contributed by atoms with van der Waals surface area (Å²) in [5.74, 6) is 1.11. The fourth-order valence-corrected chi connectivity index (χ4v) is 3.17. The van der Waals surface area contributed by atoms with E-state index in [1.165, 1.54) is 12.8 Å². The Morgan fingerprint density at radius 1 is 1.19 bits per heavy atom. The van der Waals surface area contributed by atoms with E-state index in [4.69, 9.17) is 0 Å². The number of hydrogen-bond donors (Lipinski definition) is 1. The van der Waals surface area contributed by atoms with E-state index in [1.807, 2.05) is 0 Å². The van der Waals surface area contributed by atoms with Gasteiger partial charge in [0.1, 0.15) is 0 Å². The van der Waals surface area contributed by atoms with Crippen LogP contribution in [0.15, 0.2) is 0 Å². The largest absolute Gasteiger partial charge is 0.390 e. The molecule has 3 atom stereocenters. The number of piperidine rings is 1. The van der Waals surface area contributed by atoms with Crippen LogP contribution >= 0.6 is 0 Å². The Hall–Kier alpha value is -0.290. The van der Waals surface area contributed by atoms with Crippen molar-refractivity contribution in [2.75, 3.05) is 26.7 Å². The molecular weight excluding hydrogens is 217 g/mol. The zero-order chi connectivity index (χ0) is 11.8. The first-order valence-electron chi connectivity index (χ1n) is 5.94. The number of nitrogens with one attached hydrogen (secondary N) is 1. The smallest absolute Gasteiger partial charge is 0.313 e. The Morgan fingerprint density at radius 2 is 1.75 bits per heavy atom. The highest BCUT2D eigenvalue weighted by molar-refractivity contribution is 4.96. The topological polar surface area (TPSA) is 15.3 Å². The second-order valence-electron chi connectivity index (χ2n) is 5.16. The maximum atomic E-state index is 12.0. The molecule has 0 aromatic rings. The van der Waals surface area contributed by atoms with E-state index in [1.54, 1.807) is 0 Å². The molecule has 1 heterocycles. The third kappa shape index (κ3) is 2.88. The molecule has 1 aliphatic carbocycles. The van der Waals surface area contributed by atoms with Gasteiger partial charge < -0.3 is 10.2 Å². The lowest BCUT2D eigenvalue weighted by Gasteiger charge is -2.36. The summed E-state index contributed by atoms with van der Waals surface area (Å²) < 4.78 is 36.1. The molecule has 94 valence electrons. The summed E-state index contributed by atoms with van der Waals surface area (Å²) in [5, 5.41) is 3.11. The van der Waals surface area contributed by atoms with Crippen LogP contribution in [0.3, 0.4) is 0 Å². The Kier molecular flexibility index (Phi) is 3.45. The van der Waals surface area contributed by atoms with E-state index in [0.29, 0.717) is 17.9 Å². The molecule has 0 aromatic heterocycles. The fraction of sp³-hybridized carbons (Fsp3) is 1.00. The molecule has 2 nitrogen and oxygen atoms in total. The van der Waals surface area contributed by atoms with Gasteiger partial charge in [-0.3, -0.25) is 0 Å². The molecule has 16 heavy (non-hydrogen) atoms. The lowest BCUT2D eigenvalue weighted by molar-refractivity contribution is -0.134. The number of hydrogen-bond acceptors (Lipinski definition) is 2. The predicted molar refractivity (Wildman–Crippen MR) is 56.2 cm³/mol. The van der Waals surface area contributed by atoms with Gasteiger partial charge in [-0.05, 0) is 31.7 Å². The molecule has 0 spiro atoms. The Labute approximate surface area is 94.2 Å². The molecular formula is C11H19F3N2. The summed E-state index contributed by atoms with van der Waals surface area (Å²) in [5.41, 5.74) is 0. The van der Waals surface area contributed by atoms with Crippen molar-refractivity contribution in [3.8, 4) is 0 Å². The van der Waals surface area contributed by atoms with Gasteiger partial charge in [-0.1, -0.05) is 0 Å². The molecule has 1 aliphatic heterocycles. The number of halogens is 3. The Bertz CT molecular complexity index is 228. The lowest BCUT2D eigenvalue weighted by atomic mass is 9.92. The highest BCUT2D eigenvalue weighted by Crippen LogP contribution is 2.36. The normalized spacial score (nSPS) is 35.6. The number of alkyl halides is 3. The second kappa shape index (κ2) is 4.53. The molecule has 2 rings (SSSR count). The summed E-state index contributed by atoms with van der Waals surface area (Å²) in [6.45, 7) is 2.13. The monoisotopic (exact) mass is 236 g/mol. The van der Waals surface area contributed by atoms with Gasteiger partial charge in [0.2, 0.25) is 0 Å². The summed E-state index contributed by atoms with van der Waals surface area (Å²) >= 11 is 0. The average Bonchev–Trinajstić information content (AvgIpc) is 2.41. The quantitative estimate of drug-likeness (QED) is 0.804. The van der Waals surface area contributed by atoms with Crippen LogP contribution in [-0.4, -0.2) is 43.8 Å². The minimum absolute atomic E-state index is 0.0743. The summed E-state index contributed by atoms with van der Waals surface area (Å²) in [7, 11) is 2.09. The third-order valence-electron chi connectivity index (χ3n) is 3.80. The van der Waals surface area contributed by atoms with E-state index in [-0.39, 0.29) is 6.54 Å². The van der Waals surface area contributed by atoms with Crippen LogP contribution in [0.1, 0.15) is 19.3 Å². The van der Waals surface area contributed by atoms with Gasteiger partial charge in [-0.25, -0.2) is 0 Å². The Morgan fingerprint density at radius 3 is 2.25 bits per heavy atom. The van der Waals surface area contributed by atoms with Crippen LogP contribution in [0.5, 0.6) is 0 Å². The van der Waals surface area contributed by atoms with Crippen molar-refractivity contribution in [3.05, 3.63) is 0 Å². The van der Waals surface area contributed by atoms with Crippen molar-refractivity contribution in [2.24, 2.45) is 11.8 Å². The standard InChI is InChI=1S/C11H19F3N2/c1-16-6-8-2-3-9(7-16)10(8)15-5-4-11(12,13)14/h8-10,15H,2-7H2,1H3/t8-,9+,10?. The van der Waals surface area contributed by atoms with Crippen LogP contribution in [0.25, 0.3) is 0 Å². The first kappa shape index (κ1) is 12.2. The zero-order valence-corrected chi connectivity index (χ0v) is 9.56. The predicted octanol–water partition coefficient (Wildman–Crippen LogP) is 1.87. The van der Waals surface area contributed by atoms with E-state index in [2.05, 4.69) is 17.3 Å². The van der Waals surface area contributed by atoms with Crippen LogP contribution in [0.2, 0.25) is 0 Å².